The van der Waals surface area contributed by atoms with Crippen LogP contribution in [0, 0.1) is 5.82 Å². The van der Waals surface area contributed by atoms with Crippen LogP contribution in [0.3, 0.4) is 0 Å². The second-order valence-electron chi connectivity index (χ2n) is 6.58. The molecule has 0 atom stereocenters. The van der Waals surface area contributed by atoms with E-state index in [1.807, 2.05) is 30.3 Å². The Morgan fingerprint density at radius 2 is 1.84 bits per heavy atom. The van der Waals surface area contributed by atoms with Crippen LogP contribution in [-0.4, -0.2) is 27.0 Å². The highest BCUT2D eigenvalue weighted by Crippen LogP contribution is 2.24. The van der Waals surface area contributed by atoms with Crippen LogP contribution in [-0.2, 0) is 0 Å². The highest BCUT2D eigenvalue weighted by atomic mass is 79.9. The summed E-state index contributed by atoms with van der Waals surface area (Å²) in [5.41, 5.74) is 5.23. The van der Waals surface area contributed by atoms with E-state index in [1.54, 1.807) is 29.1 Å². The van der Waals surface area contributed by atoms with Gasteiger partial charge in [-0.3, -0.25) is 4.79 Å². The van der Waals surface area contributed by atoms with Gasteiger partial charge >= 0.3 is 0 Å². The van der Waals surface area contributed by atoms with Gasteiger partial charge in [0, 0.05) is 21.8 Å². The van der Waals surface area contributed by atoms with Crippen LogP contribution in [0.4, 0.5) is 4.39 Å². The van der Waals surface area contributed by atoms with Gasteiger partial charge in [0.25, 0.3) is 5.91 Å². The maximum atomic E-state index is 13.4. The molecule has 8 heteroatoms. The summed E-state index contributed by atoms with van der Waals surface area (Å²) in [5, 5.41) is 18.5. The van der Waals surface area contributed by atoms with E-state index in [1.165, 1.54) is 30.5 Å². The number of aromatic nitrogens is 2. The van der Waals surface area contributed by atoms with Crippen molar-refractivity contribution in [3.63, 3.8) is 0 Å². The zero-order chi connectivity index (χ0) is 21.8. The number of phenolic OH excluding ortho intramolecular Hbond substituents is 1. The van der Waals surface area contributed by atoms with Crippen molar-refractivity contribution in [2.24, 2.45) is 5.10 Å². The number of carbonyl (C=O) groups is 1. The molecule has 0 spiro atoms. The minimum Gasteiger partial charge on any atom is -0.507 e. The molecule has 0 saturated carbocycles. The molecule has 0 unspecified atom stereocenters. The van der Waals surface area contributed by atoms with Gasteiger partial charge in [0.05, 0.1) is 17.5 Å². The number of hydrazone groups is 1. The van der Waals surface area contributed by atoms with Gasteiger partial charge in [0.15, 0.2) is 0 Å². The summed E-state index contributed by atoms with van der Waals surface area (Å²) >= 11 is 3.27. The SMILES string of the molecule is O=C(N/N=C/c1cn(-c2ccccc2)nc1-c1ccc(F)cc1)c1cc(Br)ccc1O. The summed E-state index contributed by atoms with van der Waals surface area (Å²) in [6, 6.07) is 20.0. The second kappa shape index (κ2) is 8.93. The van der Waals surface area contributed by atoms with E-state index < -0.39 is 5.91 Å². The van der Waals surface area contributed by atoms with Gasteiger partial charge in [-0.25, -0.2) is 14.5 Å². The molecule has 0 bridgehead atoms. The largest absolute Gasteiger partial charge is 0.507 e. The maximum absolute atomic E-state index is 13.4. The van der Waals surface area contributed by atoms with Crippen LogP contribution >= 0.6 is 15.9 Å². The lowest BCUT2D eigenvalue weighted by Crippen LogP contribution is -2.17. The Kier molecular flexibility index (Phi) is 5.90. The first-order chi connectivity index (χ1) is 15.0. The molecule has 3 aromatic carbocycles. The number of carbonyl (C=O) groups excluding carboxylic acids is 1. The van der Waals surface area contributed by atoms with Crippen LogP contribution in [0.5, 0.6) is 5.75 Å². The molecule has 0 saturated heterocycles. The van der Waals surface area contributed by atoms with Crippen molar-refractivity contribution in [1.29, 1.82) is 0 Å². The Labute approximate surface area is 185 Å². The summed E-state index contributed by atoms with van der Waals surface area (Å²) in [5.74, 6) is -1.06. The smallest absolute Gasteiger partial charge is 0.275 e. The highest BCUT2D eigenvalue weighted by Gasteiger charge is 2.13. The summed E-state index contributed by atoms with van der Waals surface area (Å²) in [7, 11) is 0. The van der Waals surface area contributed by atoms with E-state index in [4.69, 9.17) is 0 Å². The topological polar surface area (TPSA) is 79.5 Å². The Bertz CT molecular complexity index is 1250. The van der Waals surface area contributed by atoms with Crippen molar-refractivity contribution in [3.05, 3.63) is 100 Å². The van der Waals surface area contributed by atoms with E-state index >= 15 is 0 Å². The van der Waals surface area contributed by atoms with Gasteiger partial charge in [-0.1, -0.05) is 34.1 Å². The van der Waals surface area contributed by atoms with Crippen molar-refractivity contribution in [2.45, 2.75) is 0 Å². The third-order valence-corrected chi connectivity index (χ3v) is 4.95. The molecule has 2 N–H and O–H groups in total. The van der Waals surface area contributed by atoms with Crippen LogP contribution in [0.1, 0.15) is 15.9 Å². The Balaban J connectivity index is 1.64. The summed E-state index contributed by atoms with van der Waals surface area (Å²) < 4.78 is 15.7. The van der Waals surface area contributed by atoms with Crippen LogP contribution in [0.25, 0.3) is 16.9 Å². The Morgan fingerprint density at radius 1 is 1.10 bits per heavy atom. The fraction of sp³-hybridized carbons (Fsp3) is 0. The van der Waals surface area contributed by atoms with Crippen LogP contribution < -0.4 is 5.43 Å². The lowest BCUT2D eigenvalue weighted by molar-refractivity contribution is 0.0952. The molecule has 0 aliphatic heterocycles. The number of phenols is 1. The van der Waals surface area contributed by atoms with E-state index in [-0.39, 0.29) is 17.1 Å². The molecule has 4 aromatic rings. The number of hydrogen-bond acceptors (Lipinski definition) is 4. The zero-order valence-electron chi connectivity index (χ0n) is 16.0. The molecule has 1 amide bonds. The number of aromatic hydroxyl groups is 1. The molecule has 0 radical (unpaired) electrons. The van der Waals surface area contributed by atoms with Crippen LogP contribution in [0.15, 0.2) is 88.6 Å². The van der Waals surface area contributed by atoms with Gasteiger partial charge < -0.3 is 5.11 Å². The minimum absolute atomic E-state index is 0.0882. The molecule has 1 heterocycles. The molecular formula is C23H16BrFN4O2. The van der Waals surface area contributed by atoms with Crippen molar-refractivity contribution >= 4 is 28.1 Å². The molecule has 0 aliphatic carbocycles. The zero-order valence-corrected chi connectivity index (χ0v) is 17.6. The lowest BCUT2D eigenvalue weighted by Gasteiger charge is -2.03. The molecule has 31 heavy (non-hydrogen) atoms. The number of halogens is 2. The average molecular weight is 479 g/mol. The Hall–Kier alpha value is -3.78. The minimum atomic E-state index is -0.561. The molecule has 4 rings (SSSR count). The first-order valence-corrected chi connectivity index (χ1v) is 10.0. The number of nitrogens with one attached hydrogen (secondary N) is 1. The molecule has 0 aliphatic rings. The van der Waals surface area contributed by atoms with Crippen molar-refractivity contribution in [1.82, 2.24) is 15.2 Å². The number of amides is 1. The van der Waals surface area contributed by atoms with Gasteiger partial charge in [-0.15, -0.1) is 0 Å². The molecule has 0 fully saturated rings. The van der Waals surface area contributed by atoms with Gasteiger partial charge in [-0.05, 0) is 54.6 Å². The molecule has 6 nitrogen and oxygen atoms in total. The number of nitrogens with zero attached hydrogens (tertiary/aromatic N) is 3. The first kappa shape index (κ1) is 20.5. The first-order valence-electron chi connectivity index (χ1n) is 9.24. The summed E-state index contributed by atoms with van der Waals surface area (Å²) in [6.45, 7) is 0. The average Bonchev–Trinajstić information content (AvgIpc) is 3.20. The van der Waals surface area contributed by atoms with E-state index in [0.717, 1.165) is 5.69 Å². The summed E-state index contributed by atoms with van der Waals surface area (Å²) in [4.78, 5) is 12.4. The normalized spacial score (nSPS) is 11.0. The quantitative estimate of drug-likeness (QED) is 0.316. The third-order valence-electron chi connectivity index (χ3n) is 4.45. The predicted molar refractivity (Wildman–Crippen MR) is 120 cm³/mol. The lowest BCUT2D eigenvalue weighted by atomic mass is 10.1. The van der Waals surface area contributed by atoms with Crippen LogP contribution in [0.2, 0.25) is 0 Å². The van der Waals surface area contributed by atoms with Crippen molar-refractivity contribution in [2.75, 3.05) is 0 Å². The van der Waals surface area contributed by atoms with Gasteiger partial charge in [0.2, 0.25) is 0 Å². The van der Waals surface area contributed by atoms with E-state index in [0.29, 0.717) is 21.3 Å². The maximum Gasteiger partial charge on any atom is 0.275 e. The monoisotopic (exact) mass is 478 g/mol. The fourth-order valence-corrected chi connectivity index (χ4v) is 3.30. The fourth-order valence-electron chi connectivity index (χ4n) is 2.94. The van der Waals surface area contributed by atoms with Gasteiger partial charge in [0.1, 0.15) is 17.3 Å². The number of hydrogen-bond donors (Lipinski definition) is 2. The standard InChI is InChI=1S/C23H16BrFN4O2/c24-17-8-11-21(30)20(12-17)23(31)27-26-13-16-14-29(19-4-2-1-3-5-19)28-22(16)15-6-9-18(25)10-7-15/h1-14,30H,(H,27,31)/b26-13+. The van der Waals surface area contributed by atoms with E-state index in [9.17, 15) is 14.3 Å². The number of benzene rings is 3. The molecule has 154 valence electrons. The van der Waals surface area contributed by atoms with E-state index in [2.05, 4.69) is 31.6 Å². The summed E-state index contributed by atoms with van der Waals surface area (Å²) in [6.07, 6.45) is 3.22. The highest BCUT2D eigenvalue weighted by molar-refractivity contribution is 9.10. The number of rotatable bonds is 5. The number of para-hydroxylation sites is 1. The third kappa shape index (κ3) is 4.70. The Morgan fingerprint density at radius 3 is 2.58 bits per heavy atom. The van der Waals surface area contributed by atoms with Crippen molar-refractivity contribution in [3.8, 4) is 22.7 Å². The van der Waals surface area contributed by atoms with Gasteiger partial charge in [-0.2, -0.15) is 10.2 Å². The predicted octanol–water partition coefficient (Wildman–Crippen LogP) is 4.91. The second-order valence-corrected chi connectivity index (χ2v) is 7.50. The molecular weight excluding hydrogens is 463 g/mol. The molecule has 1 aromatic heterocycles. The van der Waals surface area contributed by atoms with Crippen molar-refractivity contribution < 1.29 is 14.3 Å².